The van der Waals surface area contributed by atoms with Crippen LogP contribution in [0.4, 0.5) is 4.79 Å². The lowest BCUT2D eigenvalue weighted by Crippen LogP contribution is -2.38. The van der Waals surface area contributed by atoms with E-state index in [9.17, 15) is 9.00 Å². The summed E-state index contributed by atoms with van der Waals surface area (Å²) in [5.41, 5.74) is 0.972. The van der Waals surface area contributed by atoms with Gasteiger partial charge in [0, 0.05) is 12.6 Å². The molecule has 0 fully saturated rings. The van der Waals surface area contributed by atoms with Gasteiger partial charge in [-0.1, -0.05) is 36.8 Å². The van der Waals surface area contributed by atoms with Gasteiger partial charge in [-0.15, -0.1) is 0 Å². The Morgan fingerprint density at radius 2 is 1.88 bits per heavy atom. The van der Waals surface area contributed by atoms with Crippen LogP contribution in [0.5, 0.6) is 0 Å². The number of hydrogen-bond acceptors (Lipinski definition) is 3. The molecule has 0 spiro atoms. The van der Waals surface area contributed by atoms with Crippen molar-refractivity contribution >= 4 is 17.1 Å². The van der Waals surface area contributed by atoms with E-state index in [1.54, 1.807) is 0 Å². The molecule has 0 saturated heterocycles. The van der Waals surface area contributed by atoms with Gasteiger partial charge in [0.25, 0.3) is 0 Å². The van der Waals surface area contributed by atoms with Crippen molar-refractivity contribution in [3.63, 3.8) is 0 Å². The molecule has 0 saturated carbocycles. The summed E-state index contributed by atoms with van der Waals surface area (Å²) in [5, 5.41) is 2.75. The number of hydrogen-bond donors (Lipinski definition) is 2. The van der Waals surface area contributed by atoms with E-state index in [0.717, 1.165) is 24.8 Å². The zero-order valence-corrected chi connectivity index (χ0v) is 15.9. The highest BCUT2D eigenvalue weighted by molar-refractivity contribution is 7.84. The summed E-state index contributed by atoms with van der Waals surface area (Å²) in [6.45, 7) is 8.76. The Labute approximate surface area is 148 Å². The Hall–Kier alpha value is -1.40. The summed E-state index contributed by atoms with van der Waals surface area (Å²) in [5.74, 6) is 0. The normalized spacial score (nSPS) is 14.0. The van der Waals surface area contributed by atoms with Crippen molar-refractivity contribution in [1.82, 2.24) is 10.0 Å². The average Bonchev–Trinajstić information content (AvgIpc) is 2.52. The van der Waals surface area contributed by atoms with Crippen molar-refractivity contribution in [1.29, 1.82) is 0 Å². The minimum absolute atomic E-state index is 0.190. The first-order valence-electron chi connectivity index (χ1n) is 8.41. The Bertz CT molecular complexity index is 515. The molecule has 2 N–H and O–H groups in total. The number of ether oxygens (including phenoxy) is 1. The first-order chi connectivity index (χ1) is 11.3. The van der Waals surface area contributed by atoms with E-state index in [1.807, 2.05) is 58.0 Å². The highest BCUT2D eigenvalue weighted by Gasteiger charge is 2.20. The van der Waals surface area contributed by atoms with E-state index in [-0.39, 0.29) is 23.5 Å². The van der Waals surface area contributed by atoms with Crippen LogP contribution < -0.4 is 10.0 Å². The summed E-state index contributed by atoms with van der Waals surface area (Å²) in [6.07, 6.45) is 2.35. The van der Waals surface area contributed by atoms with Gasteiger partial charge in [0.15, 0.2) is 0 Å². The molecule has 0 aliphatic carbocycles. The number of nitrogens with one attached hydrogen (secondary N) is 2. The Balaban J connectivity index is 2.07. The molecule has 5 nitrogen and oxygen atoms in total. The van der Waals surface area contributed by atoms with Crippen molar-refractivity contribution in [3.8, 4) is 0 Å². The van der Waals surface area contributed by atoms with Gasteiger partial charge in [-0.2, -0.15) is 0 Å². The maximum Gasteiger partial charge on any atom is 0.407 e. The molecular formula is C18H30N2O3S. The van der Waals surface area contributed by atoms with Gasteiger partial charge >= 0.3 is 6.09 Å². The molecule has 1 aromatic carbocycles. The molecule has 0 aliphatic heterocycles. The molecule has 1 aromatic rings. The van der Waals surface area contributed by atoms with Gasteiger partial charge in [0.1, 0.15) is 6.61 Å². The first kappa shape index (κ1) is 20.6. The van der Waals surface area contributed by atoms with Gasteiger partial charge < -0.3 is 10.1 Å². The molecule has 1 rings (SSSR count). The number of benzene rings is 1. The molecule has 0 aromatic heterocycles. The fraction of sp³-hybridized carbons (Fsp3) is 0.611. The maximum absolute atomic E-state index is 12.0. The number of carbonyl (C=O) groups excluding carboxylic acids is 1. The first-order valence-corrected chi connectivity index (χ1v) is 9.56. The standard InChI is InChI=1S/C18H30N2O3S/c1-15(20-24(22)18(2,3)4)10-8-9-13-19-17(21)23-14-16-11-6-5-7-12-16/h5-7,11-12,15,20H,8-10,13-14H2,1-4H3,(H,19,21)/t15-,24?/m0/s1. The van der Waals surface area contributed by atoms with Crippen molar-refractivity contribution in [3.05, 3.63) is 35.9 Å². The number of alkyl carbamates (subject to hydrolysis) is 1. The molecule has 0 radical (unpaired) electrons. The quantitative estimate of drug-likeness (QED) is 0.667. The number of carbonyl (C=O) groups is 1. The SMILES string of the molecule is C[C@@H](CCCCNC(=O)OCc1ccccc1)NS(=O)C(C)(C)C. The Kier molecular flexibility index (Phi) is 9.00. The van der Waals surface area contributed by atoms with E-state index in [1.165, 1.54) is 0 Å². The topological polar surface area (TPSA) is 67.4 Å². The second-order valence-corrected chi connectivity index (χ2v) is 8.88. The fourth-order valence-electron chi connectivity index (χ4n) is 1.96. The Morgan fingerprint density at radius 1 is 1.21 bits per heavy atom. The van der Waals surface area contributed by atoms with Crippen LogP contribution >= 0.6 is 0 Å². The monoisotopic (exact) mass is 354 g/mol. The number of unbranched alkanes of at least 4 members (excludes halogenated alkanes) is 1. The van der Waals surface area contributed by atoms with Gasteiger partial charge in [-0.05, 0) is 46.1 Å². The van der Waals surface area contributed by atoms with Gasteiger partial charge in [-0.3, -0.25) is 0 Å². The summed E-state index contributed by atoms with van der Waals surface area (Å²) in [7, 11) is -1.04. The number of rotatable bonds is 9. The van der Waals surface area contributed by atoms with Crippen LogP contribution in [0.1, 0.15) is 52.5 Å². The Morgan fingerprint density at radius 3 is 2.50 bits per heavy atom. The molecule has 0 bridgehead atoms. The molecule has 0 heterocycles. The maximum atomic E-state index is 12.0. The minimum Gasteiger partial charge on any atom is -0.445 e. The molecule has 6 heteroatoms. The van der Waals surface area contributed by atoms with Crippen molar-refractivity contribution in [2.75, 3.05) is 6.54 Å². The zero-order valence-electron chi connectivity index (χ0n) is 15.1. The minimum atomic E-state index is -1.04. The molecule has 136 valence electrons. The molecule has 2 atom stereocenters. The summed E-state index contributed by atoms with van der Waals surface area (Å²) in [6, 6.07) is 9.79. The largest absolute Gasteiger partial charge is 0.445 e. The lowest BCUT2D eigenvalue weighted by Gasteiger charge is -2.21. The third-order valence-corrected chi connectivity index (χ3v) is 5.14. The van der Waals surface area contributed by atoms with Crippen LogP contribution in [0, 0.1) is 0 Å². The molecule has 0 aliphatic rings. The molecule has 1 unspecified atom stereocenters. The van der Waals surface area contributed by atoms with Crippen LogP contribution in [0.15, 0.2) is 30.3 Å². The van der Waals surface area contributed by atoms with E-state index in [2.05, 4.69) is 10.0 Å². The van der Waals surface area contributed by atoms with Crippen molar-refractivity contribution in [2.24, 2.45) is 0 Å². The summed E-state index contributed by atoms with van der Waals surface area (Å²) >= 11 is 0. The summed E-state index contributed by atoms with van der Waals surface area (Å²) in [4.78, 5) is 11.6. The van der Waals surface area contributed by atoms with E-state index < -0.39 is 11.0 Å². The molecule has 24 heavy (non-hydrogen) atoms. The number of amides is 1. The van der Waals surface area contributed by atoms with Crippen molar-refractivity contribution in [2.45, 2.75) is 64.4 Å². The highest BCUT2D eigenvalue weighted by atomic mass is 32.2. The average molecular weight is 355 g/mol. The van der Waals surface area contributed by atoms with E-state index in [0.29, 0.717) is 6.54 Å². The highest BCUT2D eigenvalue weighted by Crippen LogP contribution is 2.11. The molecule has 1 amide bonds. The third kappa shape index (κ3) is 9.03. The van der Waals surface area contributed by atoms with Crippen LogP contribution in [0.3, 0.4) is 0 Å². The second kappa shape index (κ2) is 10.5. The lowest BCUT2D eigenvalue weighted by molar-refractivity contribution is 0.139. The predicted octanol–water partition coefficient (Wildman–Crippen LogP) is 3.52. The lowest BCUT2D eigenvalue weighted by atomic mass is 10.1. The second-order valence-electron chi connectivity index (χ2n) is 6.88. The van der Waals surface area contributed by atoms with Gasteiger partial charge in [0.2, 0.25) is 0 Å². The van der Waals surface area contributed by atoms with Crippen molar-refractivity contribution < 1.29 is 13.7 Å². The smallest absolute Gasteiger partial charge is 0.407 e. The van der Waals surface area contributed by atoms with Gasteiger partial charge in [0.05, 0.1) is 15.7 Å². The van der Waals surface area contributed by atoms with Gasteiger partial charge in [-0.25, -0.2) is 13.7 Å². The predicted molar refractivity (Wildman–Crippen MR) is 99.0 cm³/mol. The van der Waals surface area contributed by atoms with E-state index in [4.69, 9.17) is 4.74 Å². The van der Waals surface area contributed by atoms with Crippen LogP contribution in [0.25, 0.3) is 0 Å². The summed E-state index contributed by atoms with van der Waals surface area (Å²) < 4.78 is 20.0. The van der Waals surface area contributed by atoms with Crippen LogP contribution in [-0.2, 0) is 22.3 Å². The molecular weight excluding hydrogens is 324 g/mol. The van der Waals surface area contributed by atoms with E-state index >= 15 is 0 Å². The third-order valence-electron chi connectivity index (χ3n) is 3.41. The van der Waals surface area contributed by atoms with Crippen LogP contribution in [-0.4, -0.2) is 27.6 Å². The fourth-order valence-corrected chi connectivity index (χ4v) is 2.80. The zero-order chi connectivity index (χ0) is 18.0. The van der Waals surface area contributed by atoms with Crippen LogP contribution in [0.2, 0.25) is 0 Å².